The third-order valence-corrected chi connectivity index (χ3v) is 5.69. The molecule has 0 amide bonds. The van der Waals surface area contributed by atoms with Gasteiger partial charge in [0, 0.05) is 11.6 Å². The molecule has 2 N–H and O–H groups in total. The van der Waals surface area contributed by atoms with Gasteiger partial charge in [-0.2, -0.15) is 0 Å². The standard InChI is InChI=1S/C25H21F3N4O4/c1-36-21-12-6-11-20(22(21)28)32-24(34)30(13-16-17(26)9-5-10-18(16)27)23(33)31(25(32)35)14-19(29)15-7-3-2-4-8-15/h2-12,19H,13-14,29H2,1H3. The summed E-state index contributed by atoms with van der Waals surface area (Å²) in [5.74, 6) is -3.30. The molecule has 0 fully saturated rings. The maximum absolute atomic E-state index is 15.1. The molecule has 1 aromatic heterocycles. The zero-order valence-corrected chi connectivity index (χ0v) is 19.0. The summed E-state index contributed by atoms with van der Waals surface area (Å²) in [4.78, 5) is 40.0. The predicted octanol–water partition coefficient (Wildman–Crippen LogP) is 2.34. The van der Waals surface area contributed by atoms with Gasteiger partial charge in [0.1, 0.15) is 11.6 Å². The van der Waals surface area contributed by atoms with Gasteiger partial charge in [0.2, 0.25) is 0 Å². The van der Waals surface area contributed by atoms with Gasteiger partial charge >= 0.3 is 17.1 Å². The van der Waals surface area contributed by atoms with Crippen LogP contribution in [0.3, 0.4) is 0 Å². The average Bonchev–Trinajstić information content (AvgIpc) is 2.87. The van der Waals surface area contributed by atoms with E-state index in [1.807, 2.05) is 0 Å². The summed E-state index contributed by atoms with van der Waals surface area (Å²) in [6.07, 6.45) is 0. The van der Waals surface area contributed by atoms with Gasteiger partial charge in [-0.1, -0.05) is 42.5 Å². The normalized spacial score (nSPS) is 11.9. The molecule has 1 unspecified atom stereocenters. The van der Waals surface area contributed by atoms with Crippen molar-refractivity contribution < 1.29 is 17.9 Å². The van der Waals surface area contributed by atoms with E-state index in [0.29, 0.717) is 19.3 Å². The highest BCUT2D eigenvalue weighted by atomic mass is 19.1. The van der Waals surface area contributed by atoms with Crippen LogP contribution >= 0.6 is 0 Å². The van der Waals surface area contributed by atoms with Crippen molar-refractivity contribution in [2.24, 2.45) is 5.73 Å². The highest BCUT2D eigenvalue weighted by Crippen LogP contribution is 2.21. The van der Waals surface area contributed by atoms with Crippen LogP contribution in [0, 0.1) is 17.5 Å². The number of aromatic nitrogens is 3. The topological polar surface area (TPSA) is 101 Å². The first kappa shape index (κ1) is 24.7. The Morgan fingerprint density at radius 3 is 2.06 bits per heavy atom. The molecule has 1 heterocycles. The largest absolute Gasteiger partial charge is 0.494 e. The van der Waals surface area contributed by atoms with Crippen LogP contribution in [0.2, 0.25) is 0 Å². The smallest absolute Gasteiger partial charge is 0.341 e. The second kappa shape index (κ2) is 10.1. The fourth-order valence-electron chi connectivity index (χ4n) is 3.80. The lowest BCUT2D eigenvalue weighted by Crippen LogP contribution is -2.55. The van der Waals surface area contributed by atoms with Crippen molar-refractivity contribution in [3.8, 4) is 11.4 Å². The number of hydrogen-bond acceptors (Lipinski definition) is 5. The van der Waals surface area contributed by atoms with Gasteiger partial charge in [-0.05, 0) is 29.8 Å². The maximum atomic E-state index is 15.1. The molecule has 0 saturated heterocycles. The molecular weight excluding hydrogens is 477 g/mol. The minimum atomic E-state index is -1.29. The van der Waals surface area contributed by atoms with E-state index in [-0.39, 0.29) is 5.75 Å². The molecule has 4 aromatic rings. The molecule has 8 nitrogen and oxygen atoms in total. The summed E-state index contributed by atoms with van der Waals surface area (Å²) >= 11 is 0. The highest BCUT2D eigenvalue weighted by Gasteiger charge is 2.23. The van der Waals surface area contributed by atoms with Crippen LogP contribution in [0.5, 0.6) is 5.75 Å². The zero-order chi connectivity index (χ0) is 26.0. The second-order valence-electron chi connectivity index (χ2n) is 7.89. The van der Waals surface area contributed by atoms with Crippen LogP contribution < -0.4 is 27.5 Å². The fourth-order valence-corrected chi connectivity index (χ4v) is 3.80. The Kier molecular flexibility index (Phi) is 6.93. The lowest BCUT2D eigenvalue weighted by atomic mass is 10.1. The van der Waals surface area contributed by atoms with E-state index in [1.54, 1.807) is 30.3 Å². The van der Waals surface area contributed by atoms with Gasteiger partial charge in [-0.3, -0.25) is 0 Å². The fraction of sp³-hybridized carbons (Fsp3) is 0.160. The van der Waals surface area contributed by atoms with Crippen LogP contribution in [0.1, 0.15) is 17.2 Å². The first-order chi connectivity index (χ1) is 17.2. The molecule has 11 heteroatoms. The van der Waals surface area contributed by atoms with E-state index >= 15 is 4.39 Å². The lowest BCUT2D eigenvalue weighted by molar-refractivity contribution is 0.384. The van der Waals surface area contributed by atoms with Crippen LogP contribution in [-0.2, 0) is 13.1 Å². The molecule has 0 radical (unpaired) electrons. The van der Waals surface area contributed by atoms with Gasteiger partial charge in [0.25, 0.3) is 0 Å². The number of methoxy groups -OCH3 is 1. The lowest BCUT2D eigenvalue weighted by Gasteiger charge is -2.18. The van der Waals surface area contributed by atoms with E-state index < -0.39 is 64.9 Å². The molecule has 0 spiro atoms. The third-order valence-electron chi connectivity index (χ3n) is 5.69. The van der Waals surface area contributed by atoms with Gasteiger partial charge in [-0.25, -0.2) is 41.3 Å². The van der Waals surface area contributed by atoms with Crippen LogP contribution in [0.4, 0.5) is 13.2 Å². The minimum absolute atomic E-state index is 0.260. The zero-order valence-electron chi connectivity index (χ0n) is 19.0. The molecule has 0 saturated carbocycles. The summed E-state index contributed by atoms with van der Waals surface area (Å²) in [7, 11) is 1.20. The van der Waals surface area contributed by atoms with E-state index in [0.717, 1.165) is 24.3 Å². The Morgan fingerprint density at radius 1 is 0.806 bits per heavy atom. The Morgan fingerprint density at radius 2 is 1.42 bits per heavy atom. The summed E-state index contributed by atoms with van der Waals surface area (Å²) in [6.45, 7) is -1.24. The molecule has 1 atom stereocenters. The Labute approximate surface area is 202 Å². The van der Waals surface area contributed by atoms with Crippen molar-refractivity contribution >= 4 is 0 Å². The molecule has 4 rings (SSSR count). The molecule has 0 bridgehead atoms. The first-order valence-electron chi connectivity index (χ1n) is 10.8. The summed E-state index contributed by atoms with van der Waals surface area (Å²) < 4.78 is 50.3. The number of nitrogens with two attached hydrogens (primary N) is 1. The molecule has 3 aromatic carbocycles. The van der Waals surface area contributed by atoms with E-state index in [9.17, 15) is 23.2 Å². The van der Waals surface area contributed by atoms with Crippen LogP contribution in [-0.4, -0.2) is 20.8 Å². The third kappa shape index (κ3) is 4.48. The number of hydrogen-bond donors (Lipinski definition) is 1. The van der Waals surface area contributed by atoms with Crippen molar-refractivity contribution in [1.29, 1.82) is 0 Å². The average molecular weight is 498 g/mol. The van der Waals surface area contributed by atoms with Gasteiger partial charge < -0.3 is 10.5 Å². The minimum Gasteiger partial charge on any atom is -0.494 e. The van der Waals surface area contributed by atoms with Crippen molar-refractivity contribution in [2.75, 3.05) is 7.11 Å². The highest BCUT2D eigenvalue weighted by molar-refractivity contribution is 5.41. The quantitative estimate of drug-likeness (QED) is 0.422. The first-order valence-corrected chi connectivity index (χ1v) is 10.8. The van der Waals surface area contributed by atoms with E-state index in [2.05, 4.69) is 0 Å². The molecule has 0 aliphatic heterocycles. The van der Waals surface area contributed by atoms with Gasteiger partial charge in [0.15, 0.2) is 11.6 Å². The molecular formula is C25H21F3N4O4. The SMILES string of the molecule is COc1cccc(-n2c(=O)n(Cc3c(F)cccc3F)c(=O)n(CC(N)c3ccccc3)c2=O)c1F. The number of ether oxygens (including phenoxy) is 1. The Bertz CT molecular complexity index is 1580. The second-order valence-corrected chi connectivity index (χ2v) is 7.89. The Hall–Kier alpha value is -4.38. The van der Waals surface area contributed by atoms with Crippen molar-refractivity contribution in [3.05, 3.63) is 127 Å². The molecule has 0 aliphatic carbocycles. The van der Waals surface area contributed by atoms with Crippen molar-refractivity contribution in [2.45, 2.75) is 19.1 Å². The number of nitrogens with zero attached hydrogens (tertiary/aromatic N) is 3. The van der Waals surface area contributed by atoms with Crippen LogP contribution in [0.25, 0.3) is 5.69 Å². The Balaban J connectivity index is 1.99. The number of benzene rings is 3. The predicted molar refractivity (Wildman–Crippen MR) is 126 cm³/mol. The monoisotopic (exact) mass is 498 g/mol. The van der Waals surface area contributed by atoms with Crippen LogP contribution in [0.15, 0.2) is 81.1 Å². The number of rotatable bonds is 7. The van der Waals surface area contributed by atoms with E-state index in [1.165, 1.54) is 19.2 Å². The molecule has 186 valence electrons. The number of halogens is 3. The van der Waals surface area contributed by atoms with Crippen molar-refractivity contribution in [1.82, 2.24) is 13.7 Å². The van der Waals surface area contributed by atoms with Gasteiger partial charge in [0.05, 0.1) is 25.9 Å². The summed E-state index contributed by atoms with van der Waals surface area (Å²) in [5, 5.41) is 0. The summed E-state index contributed by atoms with van der Waals surface area (Å²) in [6, 6.07) is 14.5. The van der Waals surface area contributed by atoms with Crippen molar-refractivity contribution in [3.63, 3.8) is 0 Å². The summed E-state index contributed by atoms with van der Waals surface area (Å²) in [5.41, 5.74) is 2.10. The van der Waals surface area contributed by atoms with Gasteiger partial charge in [-0.15, -0.1) is 0 Å². The maximum Gasteiger partial charge on any atom is 0.341 e. The van der Waals surface area contributed by atoms with E-state index in [4.69, 9.17) is 10.5 Å². The molecule has 36 heavy (non-hydrogen) atoms. The molecule has 0 aliphatic rings.